The zero-order chi connectivity index (χ0) is 13.6. The molecule has 0 spiro atoms. The van der Waals surface area contributed by atoms with Crippen molar-refractivity contribution in [1.82, 2.24) is 0 Å². The second-order valence-corrected chi connectivity index (χ2v) is 6.67. The van der Waals surface area contributed by atoms with Crippen molar-refractivity contribution >= 4 is 11.5 Å². The molecule has 1 aromatic carbocycles. The van der Waals surface area contributed by atoms with Gasteiger partial charge in [-0.15, -0.1) is 0 Å². The monoisotopic (exact) mass is 255 g/mol. The van der Waals surface area contributed by atoms with Gasteiger partial charge in [0.15, 0.2) is 5.78 Å². The Balaban J connectivity index is 2.01. The number of anilines is 1. The molecule has 0 saturated carbocycles. The number of carbonyl (C=O) groups excluding carboxylic acids is 1. The van der Waals surface area contributed by atoms with Crippen LogP contribution in [0.3, 0.4) is 0 Å². The maximum Gasteiger partial charge on any atom is 0.157 e. The van der Waals surface area contributed by atoms with E-state index in [-0.39, 0.29) is 11.2 Å². The third-order valence-corrected chi connectivity index (χ3v) is 4.16. The molecule has 3 rings (SSSR count). The minimum absolute atomic E-state index is 0.0818. The Morgan fingerprint density at radius 2 is 1.95 bits per heavy atom. The number of hydrogen-bond donors (Lipinski definition) is 0. The van der Waals surface area contributed by atoms with Crippen molar-refractivity contribution in [3.05, 3.63) is 41.6 Å². The highest BCUT2D eigenvalue weighted by atomic mass is 16.1. The Hall–Kier alpha value is -1.57. The van der Waals surface area contributed by atoms with E-state index in [1.165, 1.54) is 16.9 Å². The summed E-state index contributed by atoms with van der Waals surface area (Å²) in [5.41, 5.74) is 3.95. The van der Waals surface area contributed by atoms with E-state index in [2.05, 4.69) is 49.9 Å². The highest BCUT2D eigenvalue weighted by molar-refractivity contribution is 5.92. The predicted molar refractivity (Wildman–Crippen MR) is 78.2 cm³/mol. The van der Waals surface area contributed by atoms with Crippen LogP contribution in [0.1, 0.15) is 39.2 Å². The van der Waals surface area contributed by atoms with Crippen molar-refractivity contribution < 1.29 is 4.79 Å². The van der Waals surface area contributed by atoms with Crippen LogP contribution in [0, 0.1) is 5.41 Å². The molecule has 0 unspecified atom stereocenters. The lowest BCUT2D eigenvalue weighted by Gasteiger charge is -2.36. The molecule has 1 aliphatic heterocycles. The fraction of sp³-hybridized carbons (Fsp3) is 0.471. The molecular formula is C17H21NO. The molecule has 2 nitrogen and oxygen atoms in total. The zero-order valence-electron chi connectivity index (χ0n) is 11.9. The molecule has 0 fully saturated rings. The summed E-state index contributed by atoms with van der Waals surface area (Å²) in [6.45, 7) is 6.61. The van der Waals surface area contributed by atoms with E-state index in [0.29, 0.717) is 12.5 Å². The van der Waals surface area contributed by atoms with Crippen LogP contribution in [0.25, 0.3) is 0 Å². The molecule has 2 heteroatoms. The first-order chi connectivity index (χ1) is 8.96. The maximum atomic E-state index is 12.0. The SMILES string of the molecule is C[C@@H]1Cc2ccccc2N1C1=CC(=O)CC(C)(C)C1. The molecule has 2 aliphatic rings. The van der Waals surface area contributed by atoms with Gasteiger partial charge in [-0.25, -0.2) is 0 Å². The Kier molecular flexibility index (Phi) is 2.77. The van der Waals surface area contributed by atoms with Crippen molar-refractivity contribution in [2.75, 3.05) is 4.90 Å². The lowest BCUT2D eigenvalue weighted by Crippen LogP contribution is -2.34. The number of benzene rings is 1. The number of para-hydroxylation sites is 1. The second kappa shape index (κ2) is 4.22. The molecule has 0 N–H and O–H groups in total. The largest absolute Gasteiger partial charge is 0.342 e. The average Bonchev–Trinajstić information content (AvgIpc) is 2.61. The summed E-state index contributed by atoms with van der Waals surface area (Å²) in [6, 6.07) is 9.00. The first-order valence-corrected chi connectivity index (χ1v) is 7.07. The van der Waals surface area contributed by atoms with Crippen LogP contribution in [0.4, 0.5) is 5.69 Å². The lowest BCUT2D eigenvalue weighted by atomic mass is 9.78. The van der Waals surface area contributed by atoms with Gasteiger partial charge in [-0.1, -0.05) is 32.0 Å². The van der Waals surface area contributed by atoms with Crippen molar-refractivity contribution in [1.29, 1.82) is 0 Å². The van der Waals surface area contributed by atoms with Gasteiger partial charge in [0.2, 0.25) is 0 Å². The molecule has 100 valence electrons. The van der Waals surface area contributed by atoms with E-state index in [1.807, 2.05) is 6.08 Å². The number of ketones is 1. The first-order valence-electron chi connectivity index (χ1n) is 7.07. The summed E-state index contributed by atoms with van der Waals surface area (Å²) >= 11 is 0. The van der Waals surface area contributed by atoms with Crippen molar-refractivity contribution in [2.24, 2.45) is 5.41 Å². The normalized spacial score (nSPS) is 25.2. The van der Waals surface area contributed by atoms with E-state index >= 15 is 0 Å². The third-order valence-electron chi connectivity index (χ3n) is 4.16. The molecule has 0 saturated heterocycles. The van der Waals surface area contributed by atoms with Gasteiger partial charge in [0.25, 0.3) is 0 Å². The minimum Gasteiger partial charge on any atom is -0.342 e. The number of fused-ring (bicyclic) bond motifs is 1. The average molecular weight is 255 g/mol. The number of carbonyl (C=O) groups is 1. The van der Waals surface area contributed by atoms with E-state index in [4.69, 9.17) is 0 Å². The summed E-state index contributed by atoms with van der Waals surface area (Å²) < 4.78 is 0. The van der Waals surface area contributed by atoms with Gasteiger partial charge >= 0.3 is 0 Å². The fourth-order valence-electron chi connectivity index (χ4n) is 3.47. The van der Waals surface area contributed by atoms with Crippen LogP contribution >= 0.6 is 0 Å². The van der Waals surface area contributed by atoms with Crippen LogP contribution in [0.5, 0.6) is 0 Å². The highest BCUT2D eigenvalue weighted by Gasteiger charge is 2.34. The van der Waals surface area contributed by atoms with Gasteiger partial charge < -0.3 is 4.90 Å². The van der Waals surface area contributed by atoms with Crippen molar-refractivity contribution in [3.8, 4) is 0 Å². The van der Waals surface area contributed by atoms with Gasteiger partial charge in [-0.3, -0.25) is 4.79 Å². The van der Waals surface area contributed by atoms with E-state index in [0.717, 1.165) is 12.8 Å². The topological polar surface area (TPSA) is 20.3 Å². The molecule has 0 radical (unpaired) electrons. The second-order valence-electron chi connectivity index (χ2n) is 6.67. The lowest BCUT2D eigenvalue weighted by molar-refractivity contribution is -0.117. The number of hydrogen-bond acceptors (Lipinski definition) is 2. The molecule has 1 aliphatic carbocycles. The van der Waals surface area contributed by atoms with E-state index in [9.17, 15) is 4.79 Å². The Bertz CT molecular complexity index is 556. The zero-order valence-corrected chi connectivity index (χ0v) is 11.9. The summed E-state index contributed by atoms with van der Waals surface area (Å²) in [6.07, 6.45) is 4.59. The van der Waals surface area contributed by atoms with Crippen LogP contribution in [-0.4, -0.2) is 11.8 Å². The highest BCUT2D eigenvalue weighted by Crippen LogP contribution is 2.41. The van der Waals surface area contributed by atoms with Gasteiger partial charge in [-0.05, 0) is 36.8 Å². The van der Waals surface area contributed by atoms with Crippen LogP contribution in [0.2, 0.25) is 0 Å². The number of allylic oxidation sites excluding steroid dienone is 2. The smallest absolute Gasteiger partial charge is 0.157 e. The summed E-state index contributed by atoms with van der Waals surface area (Å²) in [5, 5.41) is 0. The fourth-order valence-corrected chi connectivity index (χ4v) is 3.47. The Labute approximate surface area is 115 Å². The molecular weight excluding hydrogens is 234 g/mol. The van der Waals surface area contributed by atoms with Crippen molar-refractivity contribution in [2.45, 2.75) is 46.1 Å². The summed E-state index contributed by atoms with van der Waals surface area (Å²) in [5.74, 6) is 0.267. The molecule has 0 aromatic heterocycles. The van der Waals surface area contributed by atoms with E-state index in [1.54, 1.807) is 0 Å². The minimum atomic E-state index is 0.0818. The Morgan fingerprint density at radius 1 is 1.21 bits per heavy atom. The van der Waals surface area contributed by atoms with Crippen LogP contribution < -0.4 is 4.90 Å². The van der Waals surface area contributed by atoms with Gasteiger partial charge in [-0.2, -0.15) is 0 Å². The van der Waals surface area contributed by atoms with Crippen LogP contribution in [0.15, 0.2) is 36.0 Å². The maximum absolute atomic E-state index is 12.0. The summed E-state index contributed by atoms with van der Waals surface area (Å²) in [4.78, 5) is 14.3. The number of rotatable bonds is 1. The van der Waals surface area contributed by atoms with Gasteiger partial charge in [0.1, 0.15) is 0 Å². The van der Waals surface area contributed by atoms with Crippen LogP contribution in [-0.2, 0) is 11.2 Å². The molecule has 1 aromatic rings. The van der Waals surface area contributed by atoms with Crippen molar-refractivity contribution in [3.63, 3.8) is 0 Å². The molecule has 0 amide bonds. The third kappa shape index (κ3) is 2.20. The standard InChI is InChI=1S/C17H21NO/c1-12-8-13-6-4-5-7-16(13)18(12)14-9-15(19)11-17(2,3)10-14/h4-7,9,12H,8,10-11H2,1-3H3/t12-/m1/s1. The molecule has 1 atom stereocenters. The van der Waals surface area contributed by atoms with Gasteiger partial charge in [0, 0.05) is 29.9 Å². The Morgan fingerprint density at radius 3 is 2.68 bits per heavy atom. The molecule has 19 heavy (non-hydrogen) atoms. The first kappa shape index (κ1) is 12.5. The molecule has 1 heterocycles. The van der Waals surface area contributed by atoms with Gasteiger partial charge in [0.05, 0.1) is 0 Å². The quantitative estimate of drug-likeness (QED) is 0.762. The van der Waals surface area contributed by atoms with E-state index < -0.39 is 0 Å². The number of nitrogens with zero attached hydrogens (tertiary/aromatic N) is 1. The predicted octanol–water partition coefficient (Wildman–Crippen LogP) is 3.71. The molecule has 0 bridgehead atoms. The summed E-state index contributed by atoms with van der Waals surface area (Å²) in [7, 11) is 0.